The van der Waals surface area contributed by atoms with Gasteiger partial charge in [-0.15, -0.1) is 11.6 Å². The Balaban J connectivity index is 1.52. The zero-order chi connectivity index (χ0) is 19.5. The van der Waals surface area contributed by atoms with Gasteiger partial charge in [-0.2, -0.15) is 10.2 Å². The number of hydrogen-bond donors (Lipinski definition) is 0. The van der Waals surface area contributed by atoms with Gasteiger partial charge in [-0.25, -0.2) is 0 Å². The van der Waals surface area contributed by atoms with E-state index in [1.807, 2.05) is 72.8 Å². The number of alkyl halides is 1. The molecule has 1 fully saturated rings. The highest BCUT2D eigenvalue weighted by Gasteiger charge is 2.47. The van der Waals surface area contributed by atoms with Crippen LogP contribution in [0.25, 0.3) is 0 Å². The van der Waals surface area contributed by atoms with E-state index in [2.05, 4.69) is 23.2 Å². The van der Waals surface area contributed by atoms with Crippen molar-refractivity contribution in [3.8, 4) is 0 Å². The maximum atomic E-state index is 12.4. The first-order valence-electron chi connectivity index (χ1n) is 9.30. The molecule has 1 aliphatic rings. The molecule has 1 saturated heterocycles. The van der Waals surface area contributed by atoms with Crippen LogP contribution in [0.4, 0.5) is 17.1 Å². The van der Waals surface area contributed by atoms with E-state index in [4.69, 9.17) is 11.6 Å². The molecule has 1 heterocycles. The van der Waals surface area contributed by atoms with Gasteiger partial charge in [-0.05, 0) is 53.9 Å². The maximum absolute atomic E-state index is 12.4. The predicted octanol–water partition coefficient (Wildman–Crippen LogP) is 6.36. The summed E-state index contributed by atoms with van der Waals surface area (Å²) in [5.74, 6) is -0.0822. The summed E-state index contributed by atoms with van der Waals surface area (Å²) in [4.78, 5) is 14.1. The number of carbonyl (C=O) groups excluding carboxylic acids is 1. The molecule has 1 aliphatic heterocycles. The van der Waals surface area contributed by atoms with Crippen molar-refractivity contribution < 1.29 is 4.79 Å². The van der Waals surface area contributed by atoms with Gasteiger partial charge in [0.2, 0.25) is 5.91 Å². The Morgan fingerprint density at radius 1 is 0.893 bits per heavy atom. The van der Waals surface area contributed by atoms with E-state index in [0.717, 1.165) is 29.0 Å². The Kier molecular flexibility index (Phi) is 5.22. The molecule has 2 unspecified atom stereocenters. The Bertz CT molecular complexity index is 1000. The third-order valence-electron chi connectivity index (χ3n) is 4.90. The second-order valence-electron chi connectivity index (χ2n) is 6.71. The predicted molar refractivity (Wildman–Crippen MR) is 113 cm³/mol. The molecule has 0 aromatic heterocycles. The van der Waals surface area contributed by atoms with Crippen LogP contribution in [0.1, 0.15) is 24.1 Å². The van der Waals surface area contributed by atoms with Crippen LogP contribution in [0.15, 0.2) is 89.1 Å². The first-order chi connectivity index (χ1) is 13.7. The van der Waals surface area contributed by atoms with Gasteiger partial charge in [0.25, 0.3) is 0 Å². The fourth-order valence-corrected chi connectivity index (χ4v) is 3.71. The minimum absolute atomic E-state index is 0.0822. The lowest BCUT2D eigenvalue weighted by molar-refractivity contribution is -0.123. The molecule has 1 amide bonds. The number of halogens is 1. The fraction of sp³-hybridized carbons (Fsp3) is 0.174. The standard InChI is InChI=1S/C23H20ClN3O/c1-2-16-7-6-10-19(15-16)26-25-18-11-13-20(14-12-18)27-22(21(24)23(27)28)17-8-4-3-5-9-17/h3-15,21-22H,2H2,1H3. The number of anilines is 1. The smallest absolute Gasteiger partial charge is 0.248 e. The van der Waals surface area contributed by atoms with E-state index in [0.29, 0.717) is 0 Å². The van der Waals surface area contributed by atoms with Crippen molar-refractivity contribution in [2.24, 2.45) is 10.2 Å². The number of amides is 1. The number of benzene rings is 3. The summed E-state index contributed by atoms with van der Waals surface area (Å²) >= 11 is 6.29. The summed E-state index contributed by atoms with van der Waals surface area (Å²) in [6, 6.07) is 25.2. The minimum atomic E-state index is -0.535. The number of rotatable bonds is 5. The molecule has 0 radical (unpaired) electrons. The Hall–Kier alpha value is -2.98. The van der Waals surface area contributed by atoms with Crippen molar-refractivity contribution >= 4 is 34.6 Å². The van der Waals surface area contributed by atoms with Crippen LogP contribution in [0.3, 0.4) is 0 Å². The molecular formula is C23H20ClN3O. The van der Waals surface area contributed by atoms with E-state index in [9.17, 15) is 4.79 Å². The molecule has 0 aliphatic carbocycles. The SMILES string of the molecule is CCc1cccc(N=Nc2ccc(N3C(=O)C(Cl)C3c3ccccc3)cc2)c1. The van der Waals surface area contributed by atoms with Crippen molar-refractivity contribution in [2.75, 3.05) is 4.90 Å². The summed E-state index contributed by atoms with van der Waals surface area (Å²) in [5.41, 5.74) is 4.63. The summed E-state index contributed by atoms with van der Waals surface area (Å²) < 4.78 is 0. The molecule has 4 nitrogen and oxygen atoms in total. The van der Waals surface area contributed by atoms with Gasteiger partial charge in [-0.3, -0.25) is 4.79 Å². The molecular weight excluding hydrogens is 370 g/mol. The number of carbonyl (C=O) groups is 1. The highest BCUT2D eigenvalue weighted by Crippen LogP contribution is 2.42. The lowest BCUT2D eigenvalue weighted by Crippen LogP contribution is -2.56. The zero-order valence-corrected chi connectivity index (χ0v) is 16.3. The third-order valence-corrected chi connectivity index (χ3v) is 5.32. The molecule has 2 atom stereocenters. The molecule has 0 saturated carbocycles. The molecule has 0 spiro atoms. The molecule has 0 N–H and O–H groups in total. The number of β-lactam (4-membered cyclic amide) rings is 1. The van der Waals surface area contributed by atoms with E-state index < -0.39 is 5.38 Å². The molecule has 3 aromatic carbocycles. The quantitative estimate of drug-likeness (QED) is 0.284. The number of nitrogens with zero attached hydrogens (tertiary/aromatic N) is 3. The zero-order valence-electron chi connectivity index (χ0n) is 15.5. The summed E-state index contributed by atoms with van der Waals surface area (Å²) in [6.07, 6.45) is 0.964. The van der Waals surface area contributed by atoms with Crippen LogP contribution in [-0.4, -0.2) is 11.3 Å². The van der Waals surface area contributed by atoms with Gasteiger partial charge in [0.15, 0.2) is 0 Å². The van der Waals surface area contributed by atoms with Crippen molar-refractivity contribution in [1.82, 2.24) is 0 Å². The first-order valence-corrected chi connectivity index (χ1v) is 9.74. The second-order valence-corrected chi connectivity index (χ2v) is 7.18. The topological polar surface area (TPSA) is 45.0 Å². The van der Waals surface area contributed by atoms with Gasteiger partial charge >= 0.3 is 0 Å². The lowest BCUT2D eigenvalue weighted by atomic mass is 9.92. The van der Waals surface area contributed by atoms with Gasteiger partial charge in [0.1, 0.15) is 5.38 Å². The normalized spacial score (nSPS) is 19.1. The van der Waals surface area contributed by atoms with Gasteiger partial charge in [-0.1, -0.05) is 49.4 Å². The van der Waals surface area contributed by atoms with Crippen molar-refractivity contribution in [3.63, 3.8) is 0 Å². The van der Waals surface area contributed by atoms with E-state index >= 15 is 0 Å². The van der Waals surface area contributed by atoms with Gasteiger partial charge in [0.05, 0.1) is 17.4 Å². The number of hydrogen-bond acceptors (Lipinski definition) is 3. The van der Waals surface area contributed by atoms with Crippen LogP contribution in [0.5, 0.6) is 0 Å². The van der Waals surface area contributed by atoms with E-state index in [1.165, 1.54) is 5.56 Å². The molecule has 140 valence electrons. The highest BCUT2D eigenvalue weighted by molar-refractivity contribution is 6.37. The molecule has 4 rings (SSSR count). The van der Waals surface area contributed by atoms with Crippen LogP contribution in [0.2, 0.25) is 0 Å². The molecule has 3 aromatic rings. The first kappa shape index (κ1) is 18.4. The highest BCUT2D eigenvalue weighted by atomic mass is 35.5. The van der Waals surface area contributed by atoms with Crippen LogP contribution < -0.4 is 4.90 Å². The van der Waals surface area contributed by atoms with Gasteiger partial charge in [0, 0.05) is 5.69 Å². The molecule has 5 heteroatoms. The summed E-state index contributed by atoms with van der Waals surface area (Å²) in [6.45, 7) is 2.11. The van der Waals surface area contributed by atoms with Crippen LogP contribution >= 0.6 is 11.6 Å². The third kappa shape index (κ3) is 3.56. The Morgan fingerprint density at radius 2 is 1.61 bits per heavy atom. The monoisotopic (exact) mass is 389 g/mol. The number of aryl methyl sites for hydroxylation is 1. The average molecular weight is 390 g/mol. The molecule has 0 bridgehead atoms. The largest absolute Gasteiger partial charge is 0.302 e. The van der Waals surface area contributed by atoms with Crippen LogP contribution in [-0.2, 0) is 11.2 Å². The van der Waals surface area contributed by atoms with Crippen molar-refractivity contribution in [3.05, 3.63) is 90.0 Å². The fourth-order valence-electron chi connectivity index (χ4n) is 3.34. The van der Waals surface area contributed by atoms with E-state index in [-0.39, 0.29) is 11.9 Å². The Labute approximate surface area is 169 Å². The lowest BCUT2D eigenvalue weighted by Gasteiger charge is -2.44. The van der Waals surface area contributed by atoms with Crippen molar-refractivity contribution in [1.29, 1.82) is 0 Å². The van der Waals surface area contributed by atoms with Crippen LogP contribution in [0, 0.1) is 0 Å². The van der Waals surface area contributed by atoms with Gasteiger partial charge < -0.3 is 4.90 Å². The number of azo groups is 1. The molecule has 28 heavy (non-hydrogen) atoms. The minimum Gasteiger partial charge on any atom is -0.302 e. The van der Waals surface area contributed by atoms with Crippen molar-refractivity contribution in [2.45, 2.75) is 24.8 Å². The van der Waals surface area contributed by atoms with E-state index in [1.54, 1.807) is 4.90 Å². The Morgan fingerprint density at radius 3 is 2.32 bits per heavy atom. The summed E-state index contributed by atoms with van der Waals surface area (Å²) in [7, 11) is 0. The maximum Gasteiger partial charge on any atom is 0.248 e. The second kappa shape index (κ2) is 7.95. The summed E-state index contributed by atoms with van der Waals surface area (Å²) in [5, 5.41) is 8.07. The average Bonchev–Trinajstić information content (AvgIpc) is 2.76.